The maximum atomic E-state index is 13.9. The van der Waals surface area contributed by atoms with Gasteiger partial charge in [-0.25, -0.2) is 8.78 Å². The van der Waals surface area contributed by atoms with Gasteiger partial charge in [-0.2, -0.15) is 0 Å². The number of benzene rings is 3. The second-order valence-electron chi connectivity index (χ2n) is 10.1. The van der Waals surface area contributed by atoms with E-state index in [2.05, 4.69) is 24.5 Å². The average Bonchev–Trinajstić information content (AvgIpc) is 2.95. The van der Waals surface area contributed by atoms with Crippen LogP contribution < -0.4 is 15.5 Å². The minimum atomic E-state index is -0.598. The Morgan fingerprint density at radius 1 is 0.972 bits per heavy atom. The SMILES string of the molecule is CC1(C)CC(=O)C2=C(C1)Nc1ccccc1N(CC(=O)Nc1ccc(F)cc1)[C@@H]2c1ccc(F)cc1. The highest BCUT2D eigenvalue weighted by molar-refractivity contribution is 6.02. The Balaban J connectivity index is 1.62. The number of ketones is 1. The number of allylic oxidation sites excluding steroid dienone is 1. The zero-order chi connectivity index (χ0) is 25.4. The van der Waals surface area contributed by atoms with Crippen LogP contribution in [0.5, 0.6) is 0 Å². The van der Waals surface area contributed by atoms with Crippen molar-refractivity contribution in [1.29, 1.82) is 0 Å². The van der Waals surface area contributed by atoms with Crippen molar-refractivity contribution < 1.29 is 18.4 Å². The molecule has 0 fully saturated rings. The lowest BCUT2D eigenvalue weighted by molar-refractivity contribution is -0.119. The van der Waals surface area contributed by atoms with E-state index < -0.39 is 11.9 Å². The third-order valence-corrected chi connectivity index (χ3v) is 6.63. The molecule has 1 atom stereocenters. The molecule has 0 saturated heterocycles. The maximum absolute atomic E-state index is 13.9. The Labute approximate surface area is 208 Å². The number of halogens is 2. The van der Waals surface area contributed by atoms with Crippen LogP contribution in [0.25, 0.3) is 0 Å². The number of nitrogens with one attached hydrogen (secondary N) is 2. The number of rotatable bonds is 4. The van der Waals surface area contributed by atoms with Crippen LogP contribution in [0.15, 0.2) is 84.1 Å². The molecule has 0 aromatic heterocycles. The lowest BCUT2D eigenvalue weighted by Crippen LogP contribution is -2.40. The third-order valence-electron chi connectivity index (χ3n) is 6.63. The molecule has 2 aliphatic rings. The van der Waals surface area contributed by atoms with Gasteiger partial charge < -0.3 is 15.5 Å². The quantitative estimate of drug-likeness (QED) is 0.459. The number of nitrogens with zero attached hydrogens (tertiary/aromatic N) is 1. The minimum Gasteiger partial charge on any atom is -0.357 e. The molecule has 5 rings (SSSR count). The fourth-order valence-corrected chi connectivity index (χ4v) is 5.11. The van der Waals surface area contributed by atoms with E-state index in [1.807, 2.05) is 29.2 Å². The van der Waals surface area contributed by atoms with E-state index in [1.54, 1.807) is 12.1 Å². The first kappa shape index (κ1) is 23.7. The zero-order valence-electron chi connectivity index (χ0n) is 20.1. The van der Waals surface area contributed by atoms with Gasteiger partial charge in [-0.15, -0.1) is 0 Å². The van der Waals surface area contributed by atoms with Crippen LogP contribution in [0, 0.1) is 17.0 Å². The molecule has 0 radical (unpaired) electrons. The van der Waals surface area contributed by atoms with Gasteiger partial charge in [-0.05, 0) is 65.9 Å². The van der Waals surface area contributed by atoms with Gasteiger partial charge in [0.05, 0.1) is 24.0 Å². The number of para-hydroxylation sites is 2. The molecule has 36 heavy (non-hydrogen) atoms. The van der Waals surface area contributed by atoms with Crippen molar-refractivity contribution in [3.63, 3.8) is 0 Å². The largest absolute Gasteiger partial charge is 0.357 e. The Hall–Kier alpha value is -4.00. The molecule has 1 aliphatic heterocycles. The highest BCUT2D eigenvalue weighted by Crippen LogP contribution is 2.48. The van der Waals surface area contributed by atoms with Crippen LogP contribution in [-0.2, 0) is 9.59 Å². The zero-order valence-corrected chi connectivity index (χ0v) is 20.1. The molecule has 5 nitrogen and oxygen atoms in total. The molecule has 3 aromatic rings. The van der Waals surface area contributed by atoms with E-state index in [9.17, 15) is 18.4 Å². The summed E-state index contributed by atoms with van der Waals surface area (Å²) in [7, 11) is 0. The number of fused-ring (bicyclic) bond motifs is 1. The molecular formula is C29H27F2N3O2. The maximum Gasteiger partial charge on any atom is 0.243 e. The highest BCUT2D eigenvalue weighted by atomic mass is 19.1. The molecule has 0 saturated carbocycles. The number of hydrogen-bond acceptors (Lipinski definition) is 4. The minimum absolute atomic E-state index is 0.000163. The first-order valence-corrected chi connectivity index (χ1v) is 11.9. The van der Waals surface area contributed by atoms with E-state index in [-0.39, 0.29) is 29.5 Å². The molecule has 0 bridgehead atoms. The third kappa shape index (κ3) is 4.73. The molecule has 3 aromatic carbocycles. The van der Waals surface area contributed by atoms with Crippen molar-refractivity contribution in [2.24, 2.45) is 5.41 Å². The summed E-state index contributed by atoms with van der Waals surface area (Å²) in [6.45, 7) is 4.05. The summed E-state index contributed by atoms with van der Waals surface area (Å²) in [6, 6.07) is 18.6. The van der Waals surface area contributed by atoms with E-state index in [0.29, 0.717) is 29.7 Å². The molecule has 0 unspecified atom stereocenters. The Bertz CT molecular complexity index is 1350. The number of Topliss-reactive ketones (excluding diaryl/α,β-unsaturated/α-hetero) is 1. The topological polar surface area (TPSA) is 61.4 Å². The van der Waals surface area contributed by atoms with E-state index >= 15 is 0 Å². The molecular weight excluding hydrogens is 460 g/mol. The first-order valence-electron chi connectivity index (χ1n) is 11.9. The Morgan fingerprint density at radius 3 is 2.31 bits per heavy atom. The first-order chi connectivity index (χ1) is 17.2. The van der Waals surface area contributed by atoms with Gasteiger partial charge >= 0.3 is 0 Å². The second-order valence-corrected chi connectivity index (χ2v) is 10.1. The summed E-state index contributed by atoms with van der Waals surface area (Å²) in [5, 5.41) is 6.30. The fourth-order valence-electron chi connectivity index (χ4n) is 5.11. The summed E-state index contributed by atoms with van der Waals surface area (Å²) in [4.78, 5) is 28.7. The van der Waals surface area contributed by atoms with Crippen molar-refractivity contribution in [2.75, 3.05) is 22.1 Å². The van der Waals surface area contributed by atoms with Gasteiger partial charge in [0.25, 0.3) is 0 Å². The number of hydrogen-bond donors (Lipinski definition) is 2. The Kier molecular flexibility index (Phi) is 6.08. The van der Waals surface area contributed by atoms with Crippen molar-refractivity contribution in [2.45, 2.75) is 32.7 Å². The number of carbonyl (C=O) groups is 2. The van der Waals surface area contributed by atoms with Gasteiger partial charge in [-0.1, -0.05) is 38.1 Å². The van der Waals surface area contributed by atoms with E-state index in [0.717, 1.165) is 17.1 Å². The molecule has 1 aliphatic carbocycles. The normalized spacial score (nSPS) is 18.6. The lowest BCUT2D eigenvalue weighted by atomic mass is 9.73. The van der Waals surface area contributed by atoms with Gasteiger partial charge in [0, 0.05) is 23.4 Å². The van der Waals surface area contributed by atoms with Crippen molar-refractivity contribution in [3.8, 4) is 0 Å². The molecule has 0 spiro atoms. The van der Waals surface area contributed by atoms with Crippen LogP contribution >= 0.6 is 0 Å². The van der Waals surface area contributed by atoms with Crippen LogP contribution in [0.1, 0.15) is 38.3 Å². The fraction of sp³-hybridized carbons (Fsp3) is 0.241. The van der Waals surface area contributed by atoms with Gasteiger partial charge in [0.15, 0.2) is 5.78 Å². The van der Waals surface area contributed by atoms with Crippen LogP contribution in [-0.4, -0.2) is 18.2 Å². The summed E-state index contributed by atoms with van der Waals surface area (Å²) in [6.07, 6.45) is 1.03. The van der Waals surface area contributed by atoms with Crippen molar-refractivity contribution in [3.05, 3.63) is 101 Å². The molecule has 1 heterocycles. The summed E-state index contributed by atoms with van der Waals surface area (Å²) in [5.41, 5.74) is 3.91. The second kappa shape index (κ2) is 9.22. The number of amides is 1. The summed E-state index contributed by atoms with van der Waals surface area (Å²) >= 11 is 0. The number of carbonyl (C=O) groups excluding carboxylic acids is 2. The van der Waals surface area contributed by atoms with Gasteiger partial charge in [0.2, 0.25) is 5.91 Å². The van der Waals surface area contributed by atoms with Crippen LogP contribution in [0.4, 0.5) is 25.8 Å². The molecule has 1 amide bonds. The lowest BCUT2D eigenvalue weighted by Gasteiger charge is -2.37. The van der Waals surface area contributed by atoms with Gasteiger partial charge in [-0.3, -0.25) is 9.59 Å². The standard InChI is InChI=1S/C29H27F2N3O2/c1-29(2)15-23-27(25(35)16-29)28(18-7-9-19(30)10-8-18)34(24-6-4-3-5-22(24)33-23)17-26(36)32-21-13-11-20(31)12-14-21/h3-14,28,33H,15-17H2,1-2H3,(H,32,36)/t28-/m1/s1. The van der Waals surface area contributed by atoms with Gasteiger partial charge in [0.1, 0.15) is 11.6 Å². The number of anilines is 3. The Morgan fingerprint density at radius 2 is 1.61 bits per heavy atom. The molecule has 184 valence electrons. The predicted octanol–water partition coefficient (Wildman–Crippen LogP) is 6.22. The smallest absolute Gasteiger partial charge is 0.243 e. The van der Waals surface area contributed by atoms with Crippen molar-refractivity contribution in [1.82, 2.24) is 0 Å². The van der Waals surface area contributed by atoms with Crippen LogP contribution in [0.3, 0.4) is 0 Å². The molecule has 7 heteroatoms. The average molecular weight is 488 g/mol. The predicted molar refractivity (Wildman–Crippen MR) is 137 cm³/mol. The summed E-state index contributed by atoms with van der Waals surface area (Å²) in [5.74, 6) is -1.09. The summed E-state index contributed by atoms with van der Waals surface area (Å²) < 4.78 is 27.2. The monoisotopic (exact) mass is 487 g/mol. The van der Waals surface area contributed by atoms with E-state index in [4.69, 9.17) is 0 Å². The van der Waals surface area contributed by atoms with Crippen LogP contribution in [0.2, 0.25) is 0 Å². The van der Waals surface area contributed by atoms with Crippen molar-refractivity contribution >= 4 is 28.8 Å². The highest BCUT2D eigenvalue weighted by Gasteiger charge is 2.41. The van der Waals surface area contributed by atoms with E-state index in [1.165, 1.54) is 36.4 Å². The molecule has 2 N–H and O–H groups in total.